The van der Waals surface area contributed by atoms with Gasteiger partial charge in [-0.05, 0) is 25.3 Å². The second-order valence-corrected chi connectivity index (χ2v) is 7.73. The Morgan fingerprint density at radius 2 is 1.94 bits per heavy atom. The summed E-state index contributed by atoms with van der Waals surface area (Å²) in [5.74, 6) is -16.3. The van der Waals surface area contributed by atoms with Gasteiger partial charge in [0.1, 0.15) is 18.2 Å². The van der Waals surface area contributed by atoms with E-state index >= 15 is 0 Å². The monoisotopic (exact) mass is 480 g/mol. The molecule has 0 amide bonds. The SMILES string of the molecule is CCCCC[C@H](O)C#C[C@@H]1[C@@H]2C(O/C(=C\CCC(F)(F)C(=O)[O-])C2(F)F)C(F)(F)[C@H]1O.[Na+]. The average Bonchev–Trinajstić information content (AvgIpc) is 3.03. The van der Waals surface area contributed by atoms with E-state index in [-0.39, 0.29) is 36.0 Å². The van der Waals surface area contributed by atoms with E-state index in [1.807, 2.05) is 6.92 Å². The van der Waals surface area contributed by atoms with Crippen molar-refractivity contribution < 1.29 is 80.8 Å². The number of carbonyl (C=O) groups is 1. The van der Waals surface area contributed by atoms with Crippen molar-refractivity contribution in [1.29, 1.82) is 0 Å². The van der Waals surface area contributed by atoms with Crippen LogP contribution in [0.1, 0.15) is 45.4 Å². The minimum Gasteiger partial charge on any atom is -0.544 e. The summed E-state index contributed by atoms with van der Waals surface area (Å²) < 4.78 is 89.1. The van der Waals surface area contributed by atoms with Gasteiger partial charge >= 0.3 is 41.4 Å². The number of carboxylic acids is 1. The van der Waals surface area contributed by atoms with Crippen molar-refractivity contribution in [1.82, 2.24) is 0 Å². The molecule has 0 spiro atoms. The van der Waals surface area contributed by atoms with E-state index in [9.17, 15) is 46.5 Å². The number of halogens is 6. The smallest absolute Gasteiger partial charge is 0.544 e. The molecule has 32 heavy (non-hydrogen) atoms. The average molecular weight is 480 g/mol. The van der Waals surface area contributed by atoms with Gasteiger partial charge in [-0.2, -0.15) is 26.3 Å². The van der Waals surface area contributed by atoms with Crippen LogP contribution in [-0.4, -0.2) is 52.3 Å². The summed E-state index contributed by atoms with van der Waals surface area (Å²) in [6, 6.07) is 0. The maximum atomic E-state index is 14.8. The van der Waals surface area contributed by atoms with Gasteiger partial charge in [0.25, 0.3) is 5.92 Å². The van der Waals surface area contributed by atoms with Crippen LogP contribution in [0.25, 0.3) is 0 Å². The number of allylic oxidation sites excluding steroid dienone is 2. The van der Waals surface area contributed by atoms with Crippen molar-refractivity contribution in [2.24, 2.45) is 11.8 Å². The van der Waals surface area contributed by atoms with Crippen LogP contribution in [0.5, 0.6) is 0 Å². The van der Waals surface area contributed by atoms with Gasteiger partial charge in [-0.15, -0.1) is 0 Å². The molecular weight excluding hydrogens is 457 g/mol. The minimum atomic E-state index is -4.29. The normalized spacial score (nSPS) is 30.0. The van der Waals surface area contributed by atoms with Crippen molar-refractivity contribution in [2.45, 2.75) is 81.5 Å². The molecule has 1 saturated carbocycles. The van der Waals surface area contributed by atoms with Crippen LogP contribution in [0.15, 0.2) is 11.8 Å². The molecule has 1 saturated heterocycles. The second-order valence-electron chi connectivity index (χ2n) is 7.73. The Bertz CT molecular complexity index is 763. The summed E-state index contributed by atoms with van der Waals surface area (Å²) in [5, 5.41) is 30.0. The van der Waals surface area contributed by atoms with Gasteiger partial charge in [0, 0.05) is 6.42 Å². The van der Waals surface area contributed by atoms with Gasteiger partial charge in [-0.25, -0.2) is 0 Å². The van der Waals surface area contributed by atoms with Gasteiger partial charge in [0.05, 0.1) is 11.8 Å². The topological polar surface area (TPSA) is 89.8 Å². The number of fused-ring (bicyclic) bond motifs is 1. The molecule has 0 radical (unpaired) electrons. The van der Waals surface area contributed by atoms with Crippen molar-refractivity contribution in [3.63, 3.8) is 0 Å². The Labute approximate surface area is 203 Å². The van der Waals surface area contributed by atoms with E-state index in [2.05, 4.69) is 16.6 Å². The number of aliphatic hydroxyl groups is 2. The van der Waals surface area contributed by atoms with Crippen molar-refractivity contribution in [2.75, 3.05) is 0 Å². The molecule has 1 heterocycles. The zero-order valence-corrected chi connectivity index (χ0v) is 19.6. The number of unbranched alkanes of at least 4 members (excludes halogenated alkanes) is 2. The van der Waals surface area contributed by atoms with E-state index in [0.717, 1.165) is 12.8 Å². The third kappa shape index (κ3) is 5.95. The Hall–Kier alpha value is -0.930. The maximum absolute atomic E-state index is 14.8. The number of aliphatic hydroxyl groups excluding tert-OH is 2. The third-order valence-corrected chi connectivity index (χ3v) is 5.41. The summed E-state index contributed by atoms with van der Waals surface area (Å²) in [7, 11) is 0. The molecule has 0 aromatic carbocycles. The van der Waals surface area contributed by atoms with Gasteiger partial charge in [-0.1, -0.05) is 31.6 Å². The molecule has 2 fully saturated rings. The Morgan fingerprint density at radius 3 is 2.50 bits per heavy atom. The third-order valence-electron chi connectivity index (χ3n) is 5.41. The molecule has 176 valence electrons. The molecule has 0 aromatic heterocycles. The summed E-state index contributed by atoms with van der Waals surface area (Å²) >= 11 is 0. The Morgan fingerprint density at radius 1 is 1.31 bits per heavy atom. The number of carboxylic acid groups (broad SMARTS) is 1. The molecule has 2 aliphatic rings. The number of alkyl halides is 6. The number of hydrogen-bond acceptors (Lipinski definition) is 5. The first-order valence-corrected chi connectivity index (χ1v) is 9.86. The predicted octanol–water partition coefficient (Wildman–Crippen LogP) is -0.739. The van der Waals surface area contributed by atoms with Crippen LogP contribution < -0.4 is 34.7 Å². The van der Waals surface area contributed by atoms with E-state index in [1.54, 1.807) is 0 Å². The zero-order valence-electron chi connectivity index (χ0n) is 17.6. The summed E-state index contributed by atoms with van der Waals surface area (Å²) in [5.41, 5.74) is 0. The molecule has 12 heteroatoms. The number of rotatable bonds is 8. The fraction of sp³-hybridized carbons (Fsp3) is 0.750. The van der Waals surface area contributed by atoms with E-state index in [4.69, 9.17) is 0 Å². The predicted molar refractivity (Wildman–Crippen MR) is 92.9 cm³/mol. The molecule has 1 unspecified atom stereocenters. The zero-order chi connectivity index (χ0) is 23.6. The van der Waals surface area contributed by atoms with Gasteiger partial charge in [0.2, 0.25) is 0 Å². The quantitative estimate of drug-likeness (QED) is 0.207. The Kier molecular flexibility index (Phi) is 10.0. The van der Waals surface area contributed by atoms with E-state index < -0.39 is 72.5 Å². The molecule has 1 aliphatic carbocycles. The fourth-order valence-electron chi connectivity index (χ4n) is 3.67. The fourth-order valence-corrected chi connectivity index (χ4v) is 3.67. The minimum absolute atomic E-state index is 0. The molecule has 1 aliphatic heterocycles. The van der Waals surface area contributed by atoms with Crippen LogP contribution in [0, 0.1) is 23.7 Å². The number of hydrogen-bond donors (Lipinski definition) is 2. The molecule has 5 nitrogen and oxygen atoms in total. The first-order chi connectivity index (χ1) is 14.3. The molecule has 0 bridgehead atoms. The standard InChI is InChI=1S/C20H24F6O5.Na/c1-2-3-4-6-11(27)8-9-12-14-16(20(25,26)15(12)28)31-13(19(14,23)24)7-5-10-18(21,22)17(29)30;/h7,11-12,14-16,27-28H,2-6,10H2,1H3,(H,29,30);/q;+1/p-1/b13-7-;/t11-,12+,14+,15-,16?;/m0./s1. The molecule has 0 aromatic rings. The first kappa shape index (κ1) is 29.1. The summed E-state index contributed by atoms with van der Waals surface area (Å²) in [6.45, 7) is 1.92. The molecule has 5 atom stereocenters. The maximum Gasteiger partial charge on any atom is 1.00 e. The number of aliphatic carboxylic acids is 1. The number of carbonyl (C=O) groups excluding carboxylic acids is 1. The van der Waals surface area contributed by atoms with Crippen LogP contribution in [-0.2, 0) is 9.53 Å². The van der Waals surface area contributed by atoms with Crippen LogP contribution >= 0.6 is 0 Å². The molecule has 2 N–H and O–H groups in total. The summed E-state index contributed by atoms with van der Waals surface area (Å²) in [4.78, 5) is 10.3. The van der Waals surface area contributed by atoms with Crippen molar-refractivity contribution >= 4 is 5.97 Å². The van der Waals surface area contributed by atoms with Crippen LogP contribution in [0.4, 0.5) is 26.3 Å². The Balaban J connectivity index is 0.00000512. The second kappa shape index (κ2) is 11.0. The first-order valence-electron chi connectivity index (χ1n) is 9.86. The summed E-state index contributed by atoms with van der Waals surface area (Å²) in [6.07, 6.45) is -5.70. The van der Waals surface area contributed by atoms with Crippen molar-refractivity contribution in [3.05, 3.63) is 11.8 Å². The largest absolute Gasteiger partial charge is 1.00 e. The van der Waals surface area contributed by atoms with Crippen LogP contribution in [0.2, 0.25) is 0 Å². The van der Waals surface area contributed by atoms with Crippen molar-refractivity contribution in [3.8, 4) is 11.8 Å². The molecule has 2 rings (SSSR count). The van der Waals surface area contributed by atoms with Gasteiger partial charge < -0.3 is 24.9 Å². The van der Waals surface area contributed by atoms with E-state index in [0.29, 0.717) is 12.5 Å². The van der Waals surface area contributed by atoms with Crippen LogP contribution in [0.3, 0.4) is 0 Å². The molecular formula is C20H23F6NaO5. The van der Waals surface area contributed by atoms with Gasteiger partial charge in [-0.3, -0.25) is 0 Å². The van der Waals surface area contributed by atoms with Gasteiger partial charge in [0.15, 0.2) is 11.9 Å². The number of ether oxygens (including phenoxy) is 1. The van der Waals surface area contributed by atoms with E-state index in [1.165, 1.54) is 0 Å².